The summed E-state index contributed by atoms with van der Waals surface area (Å²) in [7, 11) is 0. The van der Waals surface area contributed by atoms with E-state index in [4.69, 9.17) is 0 Å². The summed E-state index contributed by atoms with van der Waals surface area (Å²) in [6, 6.07) is 9.37. The lowest BCUT2D eigenvalue weighted by Crippen LogP contribution is -2.45. The Morgan fingerprint density at radius 3 is 2.93 bits per heavy atom. The molecule has 1 N–H and O–H groups in total. The molecule has 0 bridgehead atoms. The van der Waals surface area contributed by atoms with Crippen molar-refractivity contribution in [2.45, 2.75) is 25.3 Å². The number of aryl methyl sites for hydroxylation is 1. The maximum Gasteiger partial charge on any atom is 0.0391 e. The van der Waals surface area contributed by atoms with Crippen LogP contribution in [-0.2, 0) is 6.42 Å². The van der Waals surface area contributed by atoms with E-state index in [0.717, 1.165) is 0 Å². The molecule has 0 spiro atoms. The third kappa shape index (κ3) is 1.86. The van der Waals surface area contributed by atoms with Gasteiger partial charge in [0, 0.05) is 18.3 Å². The second kappa shape index (κ2) is 3.86. The molecule has 1 aromatic rings. The molecule has 2 nitrogen and oxygen atoms in total. The summed E-state index contributed by atoms with van der Waals surface area (Å²) < 4.78 is 0. The van der Waals surface area contributed by atoms with Crippen molar-refractivity contribution in [1.82, 2.24) is 4.90 Å². The molecule has 1 fully saturated rings. The number of hydrogen-bond donors (Lipinski definition) is 1. The minimum Gasteiger partial charge on any atom is -0.381 e. The number of nitrogens with one attached hydrogen (secondary N) is 1. The van der Waals surface area contributed by atoms with Crippen molar-refractivity contribution < 1.29 is 0 Å². The molecule has 2 aliphatic heterocycles. The van der Waals surface area contributed by atoms with Crippen LogP contribution in [0.2, 0.25) is 0 Å². The van der Waals surface area contributed by atoms with Gasteiger partial charge in [-0.25, -0.2) is 0 Å². The summed E-state index contributed by atoms with van der Waals surface area (Å²) >= 11 is 0. The first kappa shape index (κ1) is 9.22. The third-order valence-electron chi connectivity index (χ3n) is 3.57. The van der Waals surface area contributed by atoms with Gasteiger partial charge in [0.1, 0.15) is 0 Å². The first-order valence-corrected chi connectivity index (χ1v) is 5.98. The van der Waals surface area contributed by atoms with Crippen LogP contribution in [0.3, 0.4) is 0 Å². The normalized spacial score (nSPS) is 25.2. The number of rotatable bonds is 2. The monoisotopic (exact) mass is 202 g/mol. The third-order valence-corrected chi connectivity index (χ3v) is 3.57. The Kier molecular flexibility index (Phi) is 2.37. The summed E-state index contributed by atoms with van der Waals surface area (Å²) in [4.78, 5) is 2.55. The molecule has 1 atom stereocenters. The van der Waals surface area contributed by atoms with Crippen molar-refractivity contribution in [3.63, 3.8) is 0 Å². The maximum absolute atomic E-state index is 3.65. The molecule has 2 heterocycles. The average molecular weight is 202 g/mol. The van der Waals surface area contributed by atoms with Gasteiger partial charge in [0.25, 0.3) is 0 Å². The van der Waals surface area contributed by atoms with Gasteiger partial charge in [0.15, 0.2) is 0 Å². The van der Waals surface area contributed by atoms with Gasteiger partial charge < -0.3 is 10.2 Å². The number of benzene rings is 1. The Balaban J connectivity index is 1.66. The first-order valence-electron chi connectivity index (χ1n) is 5.98. The number of nitrogens with zero attached hydrogens (tertiary/aromatic N) is 1. The van der Waals surface area contributed by atoms with E-state index in [1.165, 1.54) is 50.1 Å². The van der Waals surface area contributed by atoms with Crippen molar-refractivity contribution in [3.8, 4) is 0 Å². The van der Waals surface area contributed by atoms with E-state index in [1.54, 1.807) is 0 Å². The standard InChI is InChI=1S/C13H18N2/c1-2-5-13-11(4-1)6-7-12(14-13)10-15-8-3-9-15/h1-2,4-5,12,14H,3,6-10H2. The fraction of sp³-hybridized carbons (Fsp3) is 0.538. The Morgan fingerprint density at radius 1 is 1.27 bits per heavy atom. The molecule has 2 heteroatoms. The van der Waals surface area contributed by atoms with E-state index >= 15 is 0 Å². The molecule has 80 valence electrons. The second-order valence-electron chi connectivity index (χ2n) is 4.69. The van der Waals surface area contributed by atoms with E-state index in [-0.39, 0.29) is 0 Å². The zero-order chi connectivity index (χ0) is 10.1. The summed E-state index contributed by atoms with van der Waals surface area (Å²) in [5.74, 6) is 0. The van der Waals surface area contributed by atoms with Crippen molar-refractivity contribution >= 4 is 5.69 Å². The number of likely N-dealkylation sites (tertiary alicyclic amines) is 1. The highest BCUT2D eigenvalue weighted by atomic mass is 15.2. The Hall–Kier alpha value is -1.02. The molecular weight excluding hydrogens is 184 g/mol. The van der Waals surface area contributed by atoms with Crippen LogP contribution in [0.15, 0.2) is 24.3 Å². The lowest BCUT2D eigenvalue weighted by molar-refractivity contribution is 0.171. The van der Waals surface area contributed by atoms with Crippen LogP contribution < -0.4 is 5.32 Å². The highest BCUT2D eigenvalue weighted by Crippen LogP contribution is 2.25. The predicted molar refractivity (Wildman–Crippen MR) is 63.2 cm³/mol. The molecule has 3 rings (SSSR count). The van der Waals surface area contributed by atoms with Crippen LogP contribution in [0.4, 0.5) is 5.69 Å². The smallest absolute Gasteiger partial charge is 0.0391 e. The highest BCUT2D eigenvalue weighted by Gasteiger charge is 2.22. The second-order valence-corrected chi connectivity index (χ2v) is 4.69. The van der Waals surface area contributed by atoms with E-state index in [2.05, 4.69) is 34.5 Å². The average Bonchev–Trinajstić information content (AvgIpc) is 2.23. The minimum absolute atomic E-state index is 0.667. The van der Waals surface area contributed by atoms with E-state index in [1.807, 2.05) is 0 Å². The van der Waals surface area contributed by atoms with Gasteiger partial charge in [0.05, 0.1) is 0 Å². The van der Waals surface area contributed by atoms with Gasteiger partial charge in [-0.15, -0.1) is 0 Å². The SMILES string of the molecule is c1ccc2c(c1)CCC(CN1CCC1)N2. The van der Waals surface area contributed by atoms with Crippen LogP contribution in [-0.4, -0.2) is 30.6 Å². The van der Waals surface area contributed by atoms with Crippen molar-refractivity contribution in [3.05, 3.63) is 29.8 Å². The van der Waals surface area contributed by atoms with Crippen LogP contribution in [0.5, 0.6) is 0 Å². The van der Waals surface area contributed by atoms with E-state index in [9.17, 15) is 0 Å². The van der Waals surface area contributed by atoms with E-state index in [0.29, 0.717) is 6.04 Å². The molecular formula is C13H18N2. The molecule has 0 aromatic heterocycles. The van der Waals surface area contributed by atoms with E-state index < -0.39 is 0 Å². The fourth-order valence-corrected chi connectivity index (χ4v) is 2.51. The summed E-state index contributed by atoms with van der Waals surface area (Å²) in [6.07, 6.45) is 3.92. The van der Waals surface area contributed by atoms with Crippen molar-refractivity contribution in [1.29, 1.82) is 0 Å². The molecule has 0 aliphatic carbocycles. The van der Waals surface area contributed by atoms with Gasteiger partial charge >= 0.3 is 0 Å². The molecule has 1 aromatic carbocycles. The quantitative estimate of drug-likeness (QED) is 0.790. The molecule has 15 heavy (non-hydrogen) atoms. The van der Waals surface area contributed by atoms with Crippen LogP contribution in [0.1, 0.15) is 18.4 Å². The van der Waals surface area contributed by atoms with Crippen LogP contribution in [0.25, 0.3) is 0 Å². The summed E-state index contributed by atoms with van der Waals surface area (Å²) in [5.41, 5.74) is 2.84. The summed E-state index contributed by atoms with van der Waals surface area (Å²) in [6.45, 7) is 3.84. The van der Waals surface area contributed by atoms with Crippen LogP contribution in [0, 0.1) is 0 Å². The Labute approximate surface area is 91.3 Å². The van der Waals surface area contributed by atoms with Crippen molar-refractivity contribution in [2.75, 3.05) is 25.0 Å². The lowest BCUT2D eigenvalue weighted by Gasteiger charge is -2.36. The number of hydrogen-bond acceptors (Lipinski definition) is 2. The van der Waals surface area contributed by atoms with Gasteiger partial charge in [-0.1, -0.05) is 18.2 Å². The maximum atomic E-state index is 3.65. The largest absolute Gasteiger partial charge is 0.381 e. The fourth-order valence-electron chi connectivity index (χ4n) is 2.51. The van der Waals surface area contributed by atoms with Gasteiger partial charge in [-0.2, -0.15) is 0 Å². The molecule has 1 unspecified atom stereocenters. The Morgan fingerprint density at radius 2 is 2.13 bits per heavy atom. The van der Waals surface area contributed by atoms with Gasteiger partial charge in [-0.05, 0) is 44.0 Å². The zero-order valence-corrected chi connectivity index (χ0v) is 9.08. The number of fused-ring (bicyclic) bond motifs is 1. The molecule has 0 saturated carbocycles. The number of para-hydroxylation sites is 1. The Bertz CT molecular complexity index is 344. The molecule has 1 saturated heterocycles. The van der Waals surface area contributed by atoms with Crippen LogP contribution >= 0.6 is 0 Å². The first-order chi connectivity index (χ1) is 7.42. The molecule has 0 radical (unpaired) electrons. The minimum atomic E-state index is 0.667. The number of anilines is 1. The molecule has 0 amide bonds. The zero-order valence-electron chi connectivity index (χ0n) is 9.08. The predicted octanol–water partition coefficient (Wildman–Crippen LogP) is 2.12. The van der Waals surface area contributed by atoms with Gasteiger partial charge in [0.2, 0.25) is 0 Å². The highest BCUT2D eigenvalue weighted by molar-refractivity contribution is 5.53. The molecule has 2 aliphatic rings. The topological polar surface area (TPSA) is 15.3 Å². The van der Waals surface area contributed by atoms with Gasteiger partial charge in [-0.3, -0.25) is 0 Å². The lowest BCUT2D eigenvalue weighted by atomic mass is 9.97. The van der Waals surface area contributed by atoms with Crippen molar-refractivity contribution in [2.24, 2.45) is 0 Å². The summed E-state index contributed by atoms with van der Waals surface area (Å²) in [5, 5.41) is 3.65.